The van der Waals surface area contributed by atoms with Crippen molar-refractivity contribution in [1.29, 1.82) is 0 Å². The van der Waals surface area contributed by atoms with Gasteiger partial charge in [-0.3, -0.25) is 9.88 Å². The third-order valence-electron chi connectivity index (χ3n) is 12.7. The Labute approximate surface area is 352 Å². The number of pyridine rings is 2. The lowest BCUT2D eigenvalue weighted by molar-refractivity contribution is 1.21. The summed E-state index contributed by atoms with van der Waals surface area (Å²) < 4.78 is 0. The number of aromatic nitrogens is 2. The molecule has 61 heavy (non-hydrogen) atoms. The molecule has 0 radical (unpaired) electrons. The molecule has 0 atom stereocenters. The van der Waals surface area contributed by atoms with Gasteiger partial charge in [-0.1, -0.05) is 152 Å². The molecule has 13 rings (SSSR count). The van der Waals surface area contributed by atoms with Crippen molar-refractivity contribution >= 4 is 82.1 Å². The molecule has 0 saturated heterocycles. The van der Waals surface area contributed by atoms with Gasteiger partial charge in [-0.05, 0) is 142 Å². The first-order valence-electron chi connectivity index (χ1n) is 20.9. The Kier molecular flexibility index (Phi) is 7.31. The van der Waals surface area contributed by atoms with E-state index in [-0.39, 0.29) is 0 Å². The topological polar surface area (TPSA) is 29.0 Å². The molecule has 282 valence electrons. The second-order valence-corrected chi connectivity index (χ2v) is 16.1. The van der Waals surface area contributed by atoms with Crippen LogP contribution < -0.4 is 4.90 Å². The van der Waals surface area contributed by atoms with E-state index in [1.165, 1.54) is 87.6 Å². The molecule has 0 fully saturated rings. The Morgan fingerprint density at radius 2 is 0.885 bits per heavy atom. The number of benzene rings is 10. The maximum absolute atomic E-state index is 5.43. The van der Waals surface area contributed by atoms with E-state index < -0.39 is 0 Å². The van der Waals surface area contributed by atoms with Crippen LogP contribution in [0.15, 0.2) is 212 Å². The molecule has 0 N–H and O–H groups in total. The Balaban J connectivity index is 1.14. The summed E-state index contributed by atoms with van der Waals surface area (Å²) in [4.78, 5) is 12.5. The van der Waals surface area contributed by atoms with Crippen molar-refractivity contribution in [3.63, 3.8) is 0 Å². The maximum Gasteiger partial charge on any atom is 0.138 e. The van der Waals surface area contributed by atoms with Crippen molar-refractivity contribution < 1.29 is 0 Å². The number of rotatable bonds is 5. The molecular formula is C58H35N3. The van der Waals surface area contributed by atoms with E-state index in [0.717, 1.165) is 39.0 Å². The smallest absolute Gasteiger partial charge is 0.138 e. The Hall–Kier alpha value is -8.14. The van der Waals surface area contributed by atoms with Gasteiger partial charge in [0, 0.05) is 28.3 Å². The summed E-state index contributed by atoms with van der Waals surface area (Å²) in [6.07, 6.45) is 1.86. The molecule has 0 spiro atoms. The van der Waals surface area contributed by atoms with E-state index in [1.807, 2.05) is 12.3 Å². The molecule has 2 aromatic heterocycles. The lowest BCUT2D eigenvalue weighted by Gasteiger charge is -2.26. The number of hydrogen-bond donors (Lipinski definition) is 0. The van der Waals surface area contributed by atoms with E-state index in [9.17, 15) is 0 Å². The van der Waals surface area contributed by atoms with Gasteiger partial charge in [0.1, 0.15) is 5.82 Å². The second-order valence-electron chi connectivity index (χ2n) is 16.1. The molecule has 0 bridgehead atoms. The molecule has 0 amide bonds. The fraction of sp³-hybridized carbons (Fsp3) is 0. The monoisotopic (exact) mass is 773 g/mol. The molecular weight excluding hydrogens is 739 g/mol. The number of fused-ring (bicyclic) bond motifs is 9. The van der Waals surface area contributed by atoms with Gasteiger partial charge in [0.15, 0.2) is 0 Å². The molecule has 1 aliphatic rings. The molecule has 3 nitrogen and oxygen atoms in total. The fourth-order valence-corrected chi connectivity index (χ4v) is 10.0. The number of anilines is 3. The molecule has 3 heteroatoms. The van der Waals surface area contributed by atoms with E-state index in [2.05, 4.69) is 205 Å². The van der Waals surface area contributed by atoms with Crippen LogP contribution in [0, 0.1) is 0 Å². The lowest BCUT2D eigenvalue weighted by atomic mass is 9.82. The van der Waals surface area contributed by atoms with Crippen molar-refractivity contribution in [3.05, 3.63) is 212 Å². The molecule has 12 aromatic rings. The minimum atomic E-state index is 0.836. The van der Waals surface area contributed by atoms with Crippen LogP contribution >= 0.6 is 0 Å². The highest BCUT2D eigenvalue weighted by Crippen LogP contribution is 2.59. The molecule has 10 aromatic carbocycles. The van der Waals surface area contributed by atoms with Crippen LogP contribution in [0.1, 0.15) is 0 Å². The van der Waals surface area contributed by atoms with Crippen molar-refractivity contribution in [2.24, 2.45) is 0 Å². The lowest BCUT2D eigenvalue weighted by Crippen LogP contribution is -2.12. The standard InChI is InChI=1S/C58H35N3/c1-2-18-45(19-3-1)61(51-30-29-39-26-25-38-17-11-31-59-57(38)58(39)60-51)46-34-42-16-10-22-49-52(42)50(35-46)56-54(44-28-24-37-13-5-7-15-41(37)33-44)48-21-9-8-20-47(48)53(55(49)56)43-27-23-36-12-4-6-14-40(36)32-43/h1-35H. The van der Waals surface area contributed by atoms with Crippen LogP contribution in [0.5, 0.6) is 0 Å². The SMILES string of the molecule is c1ccc(N(c2cc3c4c(cccc4c2)-c2c-3c(-c3ccc4ccccc4c3)c3ccccc3c2-c2ccc3ccccc3c2)c2ccc3ccc4cccnc4c3n2)cc1. The van der Waals surface area contributed by atoms with Crippen LogP contribution in [0.3, 0.4) is 0 Å². The molecule has 0 aliphatic heterocycles. The molecule has 0 unspecified atom stereocenters. The number of hydrogen-bond acceptors (Lipinski definition) is 3. The largest absolute Gasteiger partial charge is 0.295 e. The Morgan fingerprint density at radius 1 is 0.328 bits per heavy atom. The summed E-state index contributed by atoms with van der Waals surface area (Å²) in [5.41, 5.74) is 13.8. The van der Waals surface area contributed by atoms with Gasteiger partial charge < -0.3 is 0 Å². The quantitative estimate of drug-likeness (QED) is 0.163. The highest BCUT2D eigenvalue weighted by molar-refractivity contribution is 6.28. The van der Waals surface area contributed by atoms with Gasteiger partial charge in [0.05, 0.1) is 11.0 Å². The molecule has 1 aliphatic carbocycles. The third-order valence-corrected chi connectivity index (χ3v) is 12.7. The first kappa shape index (κ1) is 33.8. The predicted octanol–water partition coefficient (Wildman–Crippen LogP) is 15.8. The van der Waals surface area contributed by atoms with E-state index >= 15 is 0 Å². The fourth-order valence-electron chi connectivity index (χ4n) is 10.0. The van der Waals surface area contributed by atoms with Crippen molar-refractivity contribution in [2.45, 2.75) is 0 Å². The van der Waals surface area contributed by atoms with Gasteiger partial charge in [-0.25, -0.2) is 4.98 Å². The zero-order chi connectivity index (χ0) is 40.0. The zero-order valence-electron chi connectivity index (χ0n) is 33.0. The maximum atomic E-state index is 5.43. The molecule has 2 heterocycles. The Bertz CT molecular complexity index is 3780. The first-order chi connectivity index (χ1) is 30.2. The van der Waals surface area contributed by atoms with Crippen molar-refractivity contribution in [2.75, 3.05) is 4.90 Å². The summed E-state index contributed by atoms with van der Waals surface area (Å²) in [5.74, 6) is 0.836. The average molecular weight is 774 g/mol. The van der Waals surface area contributed by atoms with Crippen LogP contribution in [0.4, 0.5) is 17.2 Å². The predicted molar refractivity (Wildman–Crippen MR) is 257 cm³/mol. The normalized spacial score (nSPS) is 11.9. The van der Waals surface area contributed by atoms with Crippen LogP contribution in [0.2, 0.25) is 0 Å². The van der Waals surface area contributed by atoms with Gasteiger partial charge in [0.25, 0.3) is 0 Å². The van der Waals surface area contributed by atoms with Gasteiger partial charge in [-0.15, -0.1) is 0 Å². The van der Waals surface area contributed by atoms with Crippen LogP contribution in [-0.2, 0) is 0 Å². The van der Waals surface area contributed by atoms with E-state index in [4.69, 9.17) is 9.97 Å². The summed E-state index contributed by atoms with van der Waals surface area (Å²) in [6, 6.07) is 75.2. The Morgan fingerprint density at radius 3 is 1.59 bits per heavy atom. The van der Waals surface area contributed by atoms with Crippen LogP contribution in [-0.4, -0.2) is 9.97 Å². The highest BCUT2D eigenvalue weighted by atomic mass is 15.2. The highest BCUT2D eigenvalue weighted by Gasteiger charge is 2.32. The minimum Gasteiger partial charge on any atom is -0.295 e. The van der Waals surface area contributed by atoms with Crippen molar-refractivity contribution in [3.8, 4) is 44.5 Å². The van der Waals surface area contributed by atoms with Gasteiger partial charge in [-0.2, -0.15) is 0 Å². The summed E-state index contributed by atoms with van der Waals surface area (Å²) in [5, 5.41) is 12.0. The first-order valence-corrected chi connectivity index (χ1v) is 20.9. The van der Waals surface area contributed by atoms with Crippen LogP contribution in [0.25, 0.3) is 109 Å². The van der Waals surface area contributed by atoms with Gasteiger partial charge in [0.2, 0.25) is 0 Å². The van der Waals surface area contributed by atoms with E-state index in [1.54, 1.807) is 0 Å². The minimum absolute atomic E-state index is 0.836. The average Bonchev–Trinajstić information content (AvgIpc) is 3.65. The van der Waals surface area contributed by atoms with Gasteiger partial charge >= 0.3 is 0 Å². The summed E-state index contributed by atoms with van der Waals surface area (Å²) in [6.45, 7) is 0. The molecule has 0 saturated carbocycles. The zero-order valence-corrected chi connectivity index (χ0v) is 33.0. The number of nitrogens with zero attached hydrogens (tertiary/aromatic N) is 3. The third kappa shape index (κ3) is 5.17. The second kappa shape index (κ2) is 13.2. The van der Waals surface area contributed by atoms with E-state index in [0.29, 0.717) is 0 Å². The summed E-state index contributed by atoms with van der Waals surface area (Å²) >= 11 is 0. The number of para-hydroxylation sites is 1. The van der Waals surface area contributed by atoms with Crippen molar-refractivity contribution in [1.82, 2.24) is 9.97 Å². The summed E-state index contributed by atoms with van der Waals surface area (Å²) in [7, 11) is 0.